The lowest BCUT2D eigenvalue weighted by Crippen LogP contribution is -2.24. The number of thiophene rings is 1. The molecule has 3 aromatic heterocycles. The fraction of sp³-hybridized carbons (Fsp3) is 0.190. The van der Waals surface area contributed by atoms with Gasteiger partial charge in [0.2, 0.25) is 5.91 Å². The summed E-state index contributed by atoms with van der Waals surface area (Å²) in [6, 6.07) is 12.7. The topological polar surface area (TPSA) is 86.4 Å². The van der Waals surface area contributed by atoms with Crippen LogP contribution in [0, 0.1) is 0 Å². The molecule has 3 heterocycles. The van der Waals surface area contributed by atoms with Gasteiger partial charge in [0.05, 0.1) is 36.4 Å². The van der Waals surface area contributed by atoms with Crippen molar-refractivity contribution in [1.29, 1.82) is 0 Å². The van der Waals surface area contributed by atoms with Crippen LogP contribution in [0.2, 0.25) is 0 Å². The molecule has 0 saturated carbocycles. The van der Waals surface area contributed by atoms with Crippen LogP contribution < -0.4 is 15.6 Å². The quantitative estimate of drug-likeness (QED) is 0.325. The Labute approximate surface area is 180 Å². The summed E-state index contributed by atoms with van der Waals surface area (Å²) in [6.45, 7) is 2.65. The van der Waals surface area contributed by atoms with Gasteiger partial charge in [-0.1, -0.05) is 23.9 Å². The van der Waals surface area contributed by atoms with Crippen molar-refractivity contribution in [2.24, 2.45) is 0 Å². The molecule has 7 nitrogen and oxygen atoms in total. The maximum Gasteiger partial charge on any atom is 0.272 e. The highest BCUT2D eigenvalue weighted by Gasteiger charge is 2.16. The number of thioether (sulfide) groups is 1. The van der Waals surface area contributed by atoms with E-state index in [1.54, 1.807) is 41.2 Å². The van der Waals surface area contributed by atoms with E-state index in [-0.39, 0.29) is 23.8 Å². The number of hydrogen-bond acceptors (Lipinski definition) is 7. The minimum Gasteiger partial charge on any atom is -0.492 e. The highest BCUT2D eigenvalue weighted by molar-refractivity contribution is 7.99. The van der Waals surface area contributed by atoms with E-state index in [0.717, 1.165) is 0 Å². The zero-order valence-electron chi connectivity index (χ0n) is 16.2. The van der Waals surface area contributed by atoms with E-state index in [9.17, 15) is 9.59 Å². The number of furan rings is 1. The average molecular weight is 442 g/mol. The second-order valence-electron chi connectivity index (χ2n) is 6.27. The molecule has 0 spiro atoms. The monoisotopic (exact) mass is 441 g/mol. The number of anilines is 1. The van der Waals surface area contributed by atoms with Gasteiger partial charge < -0.3 is 14.5 Å². The summed E-state index contributed by atoms with van der Waals surface area (Å²) in [5.41, 5.74) is 1.10. The third kappa shape index (κ3) is 4.42. The highest BCUT2D eigenvalue weighted by atomic mass is 32.2. The van der Waals surface area contributed by atoms with Crippen molar-refractivity contribution in [2.45, 2.75) is 18.6 Å². The summed E-state index contributed by atoms with van der Waals surface area (Å²) in [5.74, 6) is 1.15. The molecule has 4 rings (SSSR count). The predicted octanol–water partition coefficient (Wildman–Crippen LogP) is 4.23. The first-order valence-electron chi connectivity index (χ1n) is 9.30. The fourth-order valence-corrected chi connectivity index (χ4v) is 4.48. The lowest BCUT2D eigenvalue weighted by Gasteiger charge is -2.12. The number of hydrogen-bond donors (Lipinski definition) is 1. The summed E-state index contributed by atoms with van der Waals surface area (Å²) >= 11 is 2.56. The number of aromatic nitrogens is 2. The number of ether oxygens (including phenoxy) is 1. The lowest BCUT2D eigenvalue weighted by atomic mass is 10.3. The molecule has 0 aliphatic rings. The number of amides is 1. The SMILES string of the molecule is CCOc1ccccc1NC(=O)CSc1nc2ccsc2c(=O)n1Cc1ccco1. The van der Waals surface area contributed by atoms with E-state index in [1.165, 1.54) is 23.1 Å². The molecule has 1 N–H and O–H groups in total. The molecule has 154 valence electrons. The summed E-state index contributed by atoms with van der Waals surface area (Å²) in [7, 11) is 0. The predicted molar refractivity (Wildman–Crippen MR) is 119 cm³/mol. The Hall–Kier alpha value is -3.04. The van der Waals surface area contributed by atoms with Gasteiger partial charge in [-0.05, 0) is 42.6 Å². The number of para-hydroxylation sites is 2. The van der Waals surface area contributed by atoms with E-state index in [4.69, 9.17) is 9.15 Å². The Morgan fingerprint density at radius 2 is 2.13 bits per heavy atom. The third-order valence-corrected chi connectivity index (χ3v) is 6.09. The fourth-order valence-electron chi connectivity index (χ4n) is 2.90. The van der Waals surface area contributed by atoms with Crippen molar-refractivity contribution in [3.63, 3.8) is 0 Å². The maximum atomic E-state index is 13.0. The third-order valence-electron chi connectivity index (χ3n) is 4.22. The van der Waals surface area contributed by atoms with Gasteiger partial charge in [-0.3, -0.25) is 14.2 Å². The first kappa shape index (κ1) is 20.2. The van der Waals surface area contributed by atoms with Crippen LogP contribution in [0.15, 0.2) is 68.5 Å². The Kier molecular flexibility index (Phi) is 6.20. The zero-order chi connectivity index (χ0) is 20.9. The summed E-state index contributed by atoms with van der Waals surface area (Å²) in [5, 5.41) is 5.16. The Morgan fingerprint density at radius 1 is 1.27 bits per heavy atom. The molecule has 0 fully saturated rings. The van der Waals surface area contributed by atoms with Crippen LogP contribution in [0.4, 0.5) is 5.69 Å². The van der Waals surface area contributed by atoms with Crippen molar-refractivity contribution >= 4 is 44.9 Å². The largest absolute Gasteiger partial charge is 0.492 e. The molecule has 0 unspecified atom stereocenters. The van der Waals surface area contributed by atoms with Crippen molar-refractivity contribution in [3.8, 4) is 5.75 Å². The number of rotatable bonds is 8. The van der Waals surface area contributed by atoms with Crippen molar-refractivity contribution in [2.75, 3.05) is 17.7 Å². The summed E-state index contributed by atoms with van der Waals surface area (Å²) in [6.07, 6.45) is 1.56. The molecule has 4 aromatic rings. The van der Waals surface area contributed by atoms with Gasteiger partial charge in [-0.25, -0.2) is 4.98 Å². The summed E-state index contributed by atoms with van der Waals surface area (Å²) < 4.78 is 13.1. The van der Waals surface area contributed by atoms with Crippen LogP contribution in [0.25, 0.3) is 10.2 Å². The van der Waals surface area contributed by atoms with Crippen LogP contribution in [-0.4, -0.2) is 27.8 Å². The molecule has 1 aromatic carbocycles. The van der Waals surface area contributed by atoms with Crippen LogP contribution in [0.3, 0.4) is 0 Å². The number of carbonyl (C=O) groups excluding carboxylic acids is 1. The van der Waals surface area contributed by atoms with Gasteiger partial charge in [-0.15, -0.1) is 11.3 Å². The number of benzene rings is 1. The van der Waals surface area contributed by atoms with Crippen LogP contribution in [0.1, 0.15) is 12.7 Å². The first-order chi connectivity index (χ1) is 14.7. The summed E-state index contributed by atoms with van der Waals surface area (Å²) in [4.78, 5) is 30.1. The maximum absolute atomic E-state index is 13.0. The molecule has 0 atom stereocenters. The smallest absolute Gasteiger partial charge is 0.272 e. The molecular formula is C21H19N3O4S2. The number of fused-ring (bicyclic) bond motifs is 1. The van der Waals surface area contributed by atoms with Crippen LogP contribution >= 0.6 is 23.1 Å². The van der Waals surface area contributed by atoms with Gasteiger partial charge in [0.15, 0.2) is 5.16 Å². The molecule has 9 heteroatoms. The van der Waals surface area contributed by atoms with E-state index >= 15 is 0 Å². The number of nitrogens with one attached hydrogen (secondary N) is 1. The Bertz CT molecular complexity index is 1210. The van der Waals surface area contributed by atoms with Crippen LogP contribution in [-0.2, 0) is 11.3 Å². The van der Waals surface area contributed by atoms with E-state index in [1.807, 2.05) is 24.4 Å². The van der Waals surface area contributed by atoms with Gasteiger partial charge in [0.25, 0.3) is 5.56 Å². The molecule has 1 amide bonds. The standard InChI is InChI=1S/C21H19N3O4S2/c1-2-27-17-8-4-3-7-15(17)22-18(25)13-30-21-23-16-9-11-29-19(16)20(26)24(21)12-14-6-5-10-28-14/h3-11H,2,12-13H2,1H3,(H,22,25). The van der Waals surface area contributed by atoms with Crippen LogP contribution in [0.5, 0.6) is 5.75 Å². The van der Waals surface area contributed by atoms with Crippen molar-refractivity contribution in [1.82, 2.24) is 9.55 Å². The lowest BCUT2D eigenvalue weighted by molar-refractivity contribution is -0.113. The Balaban J connectivity index is 1.55. The molecular weight excluding hydrogens is 422 g/mol. The minimum absolute atomic E-state index is 0.0979. The van der Waals surface area contributed by atoms with Gasteiger partial charge >= 0.3 is 0 Å². The van der Waals surface area contributed by atoms with Crippen molar-refractivity contribution in [3.05, 3.63) is 70.2 Å². The number of nitrogens with zero attached hydrogens (tertiary/aromatic N) is 2. The van der Waals surface area contributed by atoms with Gasteiger partial charge in [-0.2, -0.15) is 0 Å². The molecule has 0 aliphatic carbocycles. The molecule has 30 heavy (non-hydrogen) atoms. The second kappa shape index (κ2) is 9.19. The molecule has 0 bridgehead atoms. The molecule has 0 radical (unpaired) electrons. The molecule has 0 saturated heterocycles. The molecule has 0 aliphatic heterocycles. The van der Waals surface area contributed by atoms with E-state index < -0.39 is 0 Å². The number of carbonyl (C=O) groups is 1. The van der Waals surface area contributed by atoms with E-state index in [2.05, 4.69) is 10.3 Å². The Morgan fingerprint density at radius 3 is 2.93 bits per heavy atom. The van der Waals surface area contributed by atoms with Crippen molar-refractivity contribution < 1.29 is 13.9 Å². The zero-order valence-corrected chi connectivity index (χ0v) is 17.8. The average Bonchev–Trinajstić information content (AvgIpc) is 3.42. The normalized spacial score (nSPS) is 11.0. The highest BCUT2D eigenvalue weighted by Crippen LogP contribution is 2.25. The van der Waals surface area contributed by atoms with Gasteiger partial charge in [0, 0.05) is 0 Å². The van der Waals surface area contributed by atoms with E-state index in [0.29, 0.717) is 39.2 Å². The minimum atomic E-state index is -0.212. The second-order valence-corrected chi connectivity index (χ2v) is 8.12. The first-order valence-corrected chi connectivity index (χ1v) is 11.2. The van der Waals surface area contributed by atoms with Gasteiger partial charge in [0.1, 0.15) is 16.2 Å².